The van der Waals surface area contributed by atoms with Crippen LogP contribution in [0.4, 0.5) is 4.79 Å². The molecule has 5 nitrogen and oxygen atoms in total. The number of nitrogens with zero attached hydrogens (tertiary/aromatic N) is 1. The van der Waals surface area contributed by atoms with Crippen molar-refractivity contribution in [2.24, 2.45) is 5.92 Å². The number of carbonyl (C=O) groups excluding carboxylic acids is 1. The number of carbonyl (C=O) groups is 1. The van der Waals surface area contributed by atoms with Gasteiger partial charge in [-0.05, 0) is 44.4 Å². The highest BCUT2D eigenvalue weighted by molar-refractivity contribution is 5.74. The Morgan fingerprint density at radius 2 is 2.20 bits per heavy atom. The van der Waals surface area contributed by atoms with Gasteiger partial charge in [0.25, 0.3) is 0 Å². The van der Waals surface area contributed by atoms with Gasteiger partial charge in [-0.1, -0.05) is 6.92 Å². The molecular weight excluding hydrogens is 256 g/mol. The molecule has 1 spiro atoms. The fourth-order valence-corrected chi connectivity index (χ4v) is 3.37. The van der Waals surface area contributed by atoms with E-state index in [1.807, 2.05) is 4.90 Å². The number of hydrogen-bond acceptors (Lipinski definition) is 3. The summed E-state index contributed by atoms with van der Waals surface area (Å²) in [5.74, 6) is 0.578. The molecule has 0 aromatic rings. The molecule has 0 aromatic heterocycles. The molecule has 2 rings (SSSR count). The van der Waals surface area contributed by atoms with Gasteiger partial charge in [-0.3, -0.25) is 0 Å². The lowest BCUT2D eigenvalue weighted by Gasteiger charge is -2.46. The van der Waals surface area contributed by atoms with Gasteiger partial charge in [-0.15, -0.1) is 0 Å². The number of likely N-dealkylation sites (tertiary alicyclic amines) is 1. The van der Waals surface area contributed by atoms with Crippen molar-refractivity contribution in [2.75, 3.05) is 32.8 Å². The largest absolute Gasteiger partial charge is 0.396 e. The smallest absolute Gasteiger partial charge is 0.317 e. The molecule has 0 saturated carbocycles. The summed E-state index contributed by atoms with van der Waals surface area (Å²) >= 11 is 0. The Balaban J connectivity index is 1.82. The highest BCUT2D eigenvalue weighted by atomic mass is 16.5. The van der Waals surface area contributed by atoms with Gasteiger partial charge in [0, 0.05) is 32.8 Å². The predicted octanol–water partition coefficient (Wildman–Crippen LogP) is 1.75. The van der Waals surface area contributed by atoms with Crippen LogP contribution >= 0.6 is 0 Å². The minimum Gasteiger partial charge on any atom is -0.396 e. The average molecular weight is 284 g/mol. The molecule has 0 aliphatic carbocycles. The predicted molar refractivity (Wildman–Crippen MR) is 77.6 cm³/mol. The number of amides is 2. The van der Waals surface area contributed by atoms with E-state index in [-0.39, 0.29) is 18.2 Å². The summed E-state index contributed by atoms with van der Waals surface area (Å²) in [5.41, 5.74) is -0.0420. The lowest BCUT2D eigenvalue weighted by Crippen LogP contribution is -2.53. The summed E-state index contributed by atoms with van der Waals surface area (Å²) in [6.45, 7) is 5.43. The zero-order chi connectivity index (χ0) is 14.4. The topological polar surface area (TPSA) is 61.8 Å². The van der Waals surface area contributed by atoms with Crippen LogP contribution < -0.4 is 5.32 Å². The van der Waals surface area contributed by atoms with E-state index in [1.165, 1.54) is 0 Å². The number of aliphatic hydroxyl groups excluding tert-OH is 1. The maximum Gasteiger partial charge on any atom is 0.317 e. The third-order valence-corrected chi connectivity index (χ3v) is 4.62. The van der Waals surface area contributed by atoms with E-state index >= 15 is 0 Å². The Kier molecular flexibility index (Phi) is 5.66. The third kappa shape index (κ3) is 3.85. The summed E-state index contributed by atoms with van der Waals surface area (Å²) < 4.78 is 6.05. The number of ether oxygens (including phenoxy) is 1. The van der Waals surface area contributed by atoms with Crippen LogP contribution in [-0.2, 0) is 4.74 Å². The van der Waals surface area contributed by atoms with Crippen LogP contribution in [0.15, 0.2) is 0 Å². The van der Waals surface area contributed by atoms with Crippen molar-refractivity contribution >= 4 is 6.03 Å². The fraction of sp³-hybridized carbons (Fsp3) is 0.933. The summed E-state index contributed by atoms with van der Waals surface area (Å²) in [5, 5.41) is 12.0. The van der Waals surface area contributed by atoms with Crippen LogP contribution in [0.3, 0.4) is 0 Å². The molecule has 116 valence electrons. The Hall–Kier alpha value is -0.810. The molecule has 5 heteroatoms. The van der Waals surface area contributed by atoms with E-state index in [0.29, 0.717) is 5.92 Å². The Bertz CT molecular complexity index is 312. The molecule has 1 atom stereocenters. The zero-order valence-corrected chi connectivity index (χ0v) is 12.6. The second-order valence-corrected chi connectivity index (χ2v) is 6.12. The van der Waals surface area contributed by atoms with E-state index in [4.69, 9.17) is 9.84 Å². The molecule has 20 heavy (non-hydrogen) atoms. The first-order chi connectivity index (χ1) is 9.69. The minimum atomic E-state index is -0.0420. The molecule has 0 aromatic carbocycles. The lowest BCUT2D eigenvalue weighted by atomic mass is 9.78. The number of rotatable bonds is 4. The molecular formula is C15H28N2O3. The van der Waals surface area contributed by atoms with Crippen LogP contribution in [0.5, 0.6) is 0 Å². The average Bonchev–Trinajstić information content (AvgIpc) is 2.46. The zero-order valence-electron chi connectivity index (χ0n) is 12.6. The Morgan fingerprint density at radius 3 is 2.85 bits per heavy atom. The standard InChI is InChI=1S/C15H28N2O3/c1-2-7-16-14(19)17-8-5-15(6-9-17)12-13(3-10-18)4-11-20-15/h13,18H,2-12H2,1H3,(H,16,19). The van der Waals surface area contributed by atoms with Gasteiger partial charge >= 0.3 is 6.03 Å². The highest BCUT2D eigenvalue weighted by Gasteiger charge is 2.40. The van der Waals surface area contributed by atoms with Crippen LogP contribution in [0.25, 0.3) is 0 Å². The number of piperidine rings is 1. The molecule has 2 amide bonds. The SMILES string of the molecule is CCCNC(=O)N1CCC2(CC1)CC(CCO)CCO2. The normalized spacial score (nSPS) is 25.7. The van der Waals surface area contributed by atoms with E-state index in [1.54, 1.807) is 0 Å². The van der Waals surface area contributed by atoms with E-state index in [2.05, 4.69) is 12.2 Å². The maximum atomic E-state index is 11.9. The van der Waals surface area contributed by atoms with Crippen molar-refractivity contribution in [3.63, 3.8) is 0 Å². The van der Waals surface area contributed by atoms with Gasteiger partial charge in [0.1, 0.15) is 0 Å². The van der Waals surface area contributed by atoms with Crippen LogP contribution in [-0.4, -0.2) is 54.5 Å². The highest BCUT2D eigenvalue weighted by Crippen LogP contribution is 2.38. The van der Waals surface area contributed by atoms with E-state index < -0.39 is 0 Å². The first-order valence-corrected chi connectivity index (χ1v) is 7.97. The maximum absolute atomic E-state index is 11.9. The molecule has 2 fully saturated rings. The number of hydrogen-bond donors (Lipinski definition) is 2. The quantitative estimate of drug-likeness (QED) is 0.827. The molecule has 2 N–H and O–H groups in total. The number of aliphatic hydroxyl groups is 1. The molecule has 2 aliphatic heterocycles. The molecule has 2 heterocycles. The molecule has 0 radical (unpaired) electrons. The van der Waals surface area contributed by atoms with Gasteiger partial charge in [-0.2, -0.15) is 0 Å². The summed E-state index contributed by atoms with van der Waals surface area (Å²) in [4.78, 5) is 13.8. The molecule has 2 aliphatic rings. The van der Waals surface area contributed by atoms with Crippen molar-refractivity contribution in [1.82, 2.24) is 10.2 Å². The number of nitrogens with one attached hydrogen (secondary N) is 1. The summed E-state index contributed by atoms with van der Waals surface area (Å²) in [6, 6.07) is 0.0596. The lowest BCUT2D eigenvalue weighted by molar-refractivity contribution is -0.124. The van der Waals surface area contributed by atoms with Crippen molar-refractivity contribution in [1.29, 1.82) is 0 Å². The van der Waals surface area contributed by atoms with Gasteiger partial charge in [-0.25, -0.2) is 4.79 Å². The van der Waals surface area contributed by atoms with Crippen LogP contribution in [0, 0.1) is 5.92 Å². The number of urea groups is 1. The van der Waals surface area contributed by atoms with E-state index in [9.17, 15) is 4.79 Å². The van der Waals surface area contributed by atoms with E-state index in [0.717, 1.165) is 64.8 Å². The van der Waals surface area contributed by atoms with Crippen molar-refractivity contribution in [3.8, 4) is 0 Å². The summed E-state index contributed by atoms with van der Waals surface area (Å²) in [6.07, 6.45) is 5.80. The monoisotopic (exact) mass is 284 g/mol. The second-order valence-electron chi connectivity index (χ2n) is 6.12. The third-order valence-electron chi connectivity index (χ3n) is 4.62. The van der Waals surface area contributed by atoms with Crippen LogP contribution in [0.1, 0.15) is 45.4 Å². The minimum absolute atomic E-state index is 0.0420. The molecule has 2 saturated heterocycles. The first-order valence-electron chi connectivity index (χ1n) is 7.97. The fourth-order valence-electron chi connectivity index (χ4n) is 3.37. The van der Waals surface area contributed by atoms with Crippen molar-refractivity contribution < 1.29 is 14.6 Å². The molecule has 1 unspecified atom stereocenters. The van der Waals surface area contributed by atoms with Crippen LogP contribution in [0.2, 0.25) is 0 Å². The van der Waals surface area contributed by atoms with Gasteiger partial charge < -0.3 is 20.1 Å². The Labute approximate surface area is 121 Å². The summed E-state index contributed by atoms with van der Waals surface area (Å²) in [7, 11) is 0. The second kappa shape index (κ2) is 7.27. The molecule has 0 bridgehead atoms. The Morgan fingerprint density at radius 1 is 1.45 bits per heavy atom. The van der Waals surface area contributed by atoms with Gasteiger partial charge in [0.05, 0.1) is 5.60 Å². The first kappa shape index (κ1) is 15.6. The van der Waals surface area contributed by atoms with Gasteiger partial charge in [0.15, 0.2) is 0 Å². The van der Waals surface area contributed by atoms with Crippen molar-refractivity contribution in [3.05, 3.63) is 0 Å². The van der Waals surface area contributed by atoms with Crippen molar-refractivity contribution in [2.45, 2.75) is 51.0 Å². The van der Waals surface area contributed by atoms with Gasteiger partial charge in [0.2, 0.25) is 0 Å².